The van der Waals surface area contributed by atoms with Gasteiger partial charge in [0.2, 0.25) is 0 Å². The molecule has 0 aromatic carbocycles. The molecule has 4 nitrogen and oxygen atoms in total. The van der Waals surface area contributed by atoms with E-state index in [1.54, 1.807) is 0 Å². The minimum Gasteiger partial charge on any atom is -0.369 e. The fourth-order valence-electron chi connectivity index (χ4n) is 1.86. The average molecular weight is 220 g/mol. The highest BCUT2D eigenvalue weighted by molar-refractivity contribution is 5.30. The Labute approximate surface area is 97.1 Å². The van der Waals surface area contributed by atoms with E-state index < -0.39 is 0 Å². The second-order valence-electron chi connectivity index (χ2n) is 4.22. The van der Waals surface area contributed by atoms with E-state index in [0.717, 1.165) is 37.2 Å². The van der Waals surface area contributed by atoms with Gasteiger partial charge in [0.05, 0.1) is 18.1 Å². The van der Waals surface area contributed by atoms with E-state index >= 15 is 0 Å². The van der Waals surface area contributed by atoms with Crippen LogP contribution < -0.4 is 5.32 Å². The van der Waals surface area contributed by atoms with Crippen molar-refractivity contribution in [3.63, 3.8) is 0 Å². The first-order valence-electron chi connectivity index (χ1n) is 6.12. The quantitative estimate of drug-likeness (QED) is 0.795. The maximum absolute atomic E-state index is 4.43. The van der Waals surface area contributed by atoms with Crippen LogP contribution in [0.15, 0.2) is 12.4 Å². The fraction of sp³-hybridized carbons (Fsp3) is 0.667. The van der Waals surface area contributed by atoms with Crippen molar-refractivity contribution < 1.29 is 0 Å². The number of nitrogens with one attached hydrogen (secondary N) is 1. The molecule has 1 saturated carbocycles. The smallest absolute Gasteiger partial charge is 0.144 e. The molecule has 16 heavy (non-hydrogen) atoms. The molecule has 0 saturated heterocycles. The maximum atomic E-state index is 4.43. The minimum absolute atomic E-state index is 0.792. The second kappa shape index (κ2) is 5.25. The summed E-state index contributed by atoms with van der Waals surface area (Å²) in [5.41, 5.74) is 1.07. The molecule has 0 spiro atoms. The van der Waals surface area contributed by atoms with E-state index in [0.29, 0.717) is 0 Å². The zero-order chi connectivity index (χ0) is 11.4. The van der Waals surface area contributed by atoms with Gasteiger partial charge in [-0.05, 0) is 26.3 Å². The molecule has 0 radical (unpaired) electrons. The van der Waals surface area contributed by atoms with Gasteiger partial charge in [-0.15, -0.1) is 0 Å². The molecular formula is C12H20N4. The van der Waals surface area contributed by atoms with Gasteiger partial charge in [-0.1, -0.05) is 6.92 Å². The zero-order valence-corrected chi connectivity index (χ0v) is 10.1. The van der Waals surface area contributed by atoms with Crippen LogP contribution in [0.25, 0.3) is 0 Å². The Morgan fingerprint density at radius 3 is 2.62 bits per heavy atom. The van der Waals surface area contributed by atoms with Crippen molar-refractivity contribution in [2.75, 3.05) is 18.4 Å². The van der Waals surface area contributed by atoms with Crippen LogP contribution in [-0.2, 0) is 6.54 Å². The summed E-state index contributed by atoms with van der Waals surface area (Å²) < 4.78 is 0. The molecule has 1 heterocycles. The van der Waals surface area contributed by atoms with Crippen LogP contribution in [-0.4, -0.2) is 34.0 Å². The summed E-state index contributed by atoms with van der Waals surface area (Å²) >= 11 is 0. The zero-order valence-electron chi connectivity index (χ0n) is 10.1. The van der Waals surface area contributed by atoms with Gasteiger partial charge in [0.1, 0.15) is 5.82 Å². The van der Waals surface area contributed by atoms with Gasteiger partial charge in [0, 0.05) is 19.1 Å². The van der Waals surface area contributed by atoms with Crippen molar-refractivity contribution in [1.82, 2.24) is 14.9 Å². The molecule has 1 N–H and O–H groups in total. The molecule has 1 fully saturated rings. The minimum atomic E-state index is 0.792. The summed E-state index contributed by atoms with van der Waals surface area (Å²) in [6.07, 6.45) is 6.39. The van der Waals surface area contributed by atoms with Crippen LogP contribution in [0.5, 0.6) is 0 Å². The van der Waals surface area contributed by atoms with Gasteiger partial charge < -0.3 is 5.32 Å². The highest BCUT2D eigenvalue weighted by Gasteiger charge is 2.27. The molecule has 0 aliphatic heterocycles. The third-order valence-corrected chi connectivity index (χ3v) is 2.90. The van der Waals surface area contributed by atoms with Crippen molar-refractivity contribution in [2.24, 2.45) is 0 Å². The summed E-state index contributed by atoms with van der Waals surface area (Å²) in [4.78, 5) is 11.2. The van der Waals surface area contributed by atoms with E-state index in [-0.39, 0.29) is 0 Å². The van der Waals surface area contributed by atoms with Crippen LogP contribution in [0.1, 0.15) is 32.4 Å². The number of rotatable bonds is 6. The lowest BCUT2D eigenvalue weighted by molar-refractivity contribution is 0.266. The predicted molar refractivity (Wildman–Crippen MR) is 65.3 cm³/mol. The Morgan fingerprint density at radius 2 is 2.12 bits per heavy atom. The third-order valence-electron chi connectivity index (χ3n) is 2.90. The highest BCUT2D eigenvalue weighted by atomic mass is 15.2. The van der Waals surface area contributed by atoms with Gasteiger partial charge in [-0.2, -0.15) is 0 Å². The van der Waals surface area contributed by atoms with E-state index in [2.05, 4.69) is 34.0 Å². The second-order valence-corrected chi connectivity index (χ2v) is 4.22. The fourth-order valence-corrected chi connectivity index (χ4v) is 1.86. The monoisotopic (exact) mass is 220 g/mol. The van der Waals surface area contributed by atoms with E-state index in [1.807, 2.05) is 12.4 Å². The van der Waals surface area contributed by atoms with Gasteiger partial charge in [-0.25, -0.2) is 4.98 Å². The molecule has 1 aliphatic rings. The van der Waals surface area contributed by atoms with Gasteiger partial charge >= 0.3 is 0 Å². The third kappa shape index (κ3) is 2.92. The Balaban J connectivity index is 1.92. The maximum Gasteiger partial charge on any atom is 0.144 e. The molecule has 0 bridgehead atoms. The van der Waals surface area contributed by atoms with Crippen LogP contribution in [0, 0.1) is 0 Å². The van der Waals surface area contributed by atoms with Crippen molar-refractivity contribution in [3.05, 3.63) is 18.1 Å². The van der Waals surface area contributed by atoms with Crippen LogP contribution >= 0.6 is 0 Å². The predicted octanol–water partition coefficient (Wildman–Crippen LogP) is 1.89. The lowest BCUT2D eigenvalue weighted by Gasteiger charge is -2.18. The van der Waals surface area contributed by atoms with Gasteiger partial charge in [-0.3, -0.25) is 9.88 Å². The summed E-state index contributed by atoms with van der Waals surface area (Å²) in [5.74, 6) is 0.862. The Bertz CT molecular complexity index is 318. The summed E-state index contributed by atoms with van der Waals surface area (Å²) in [6.45, 7) is 7.18. The highest BCUT2D eigenvalue weighted by Crippen LogP contribution is 2.27. The van der Waals surface area contributed by atoms with Crippen LogP contribution in [0.2, 0.25) is 0 Å². The van der Waals surface area contributed by atoms with Crippen molar-refractivity contribution in [1.29, 1.82) is 0 Å². The number of hydrogen-bond donors (Lipinski definition) is 1. The first-order valence-corrected chi connectivity index (χ1v) is 6.12. The molecule has 1 aromatic rings. The van der Waals surface area contributed by atoms with Crippen LogP contribution in [0.3, 0.4) is 0 Å². The van der Waals surface area contributed by atoms with Crippen molar-refractivity contribution in [2.45, 2.75) is 39.3 Å². The lowest BCUT2D eigenvalue weighted by Crippen LogP contribution is -2.25. The first-order chi connectivity index (χ1) is 7.83. The normalized spacial score (nSPS) is 15.4. The molecular weight excluding hydrogens is 200 g/mol. The molecule has 4 heteroatoms. The first kappa shape index (κ1) is 11.3. The van der Waals surface area contributed by atoms with Crippen LogP contribution in [0.4, 0.5) is 5.82 Å². The Hall–Kier alpha value is -1.16. The molecule has 0 unspecified atom stereocenters. The van der Waals surface area contributed by atoms with E-state index in [9.17, 15) is 0 Å². The lowest BCUT2D eigenvalue weighted by atomic mass is 10.3. The van der Waals surface area contributed by atoms with Crippen molar-refractivity contribution >= 4 is 5.82 Å². The molecule has 88 valence electrons. The Morgan fingerprint density at radius 1 is 1.31 bits per heavy atom. The Kier molecular flexibility index (Phi) is 3.72. The molecule has 0 atom stereocenters. The topological polar surface area (TPSA) is 41.1 Å². The van der Waals surface area contributed by atoms with Crippen molar-refractivity contribution in [3.8, 4) is 0 Å². The number of hydrogen-bond acceptors (Lipinski definition) is 4. The number of nitrogens with zero attached hydrogens (tertiary/aromatic N) is 3. The summed E-state index contributed by atoms with van der Waals surface area (Å²) in [5, 5.41) is 3.15. The average Bonchev–Trinajstić information content (AvgIpc) is 3.12. The largest absolute Gasteiger partial charge is 0.369 e. The van der Waals surface area contributed by atoms with Gasteiger partial charge in [0.15, 0.2) is 0 Å². The standard InChI is InChI=1S/C12H20N4/c1-3-13-12-8-14-10(7-15-12)9-16(4-2)11-5-6-11/h7-8,11H,3-6,9H2,1-2H3,(H,13,15). The number of anilines is 1. The molecule has 2 rings (SSSR count). The summed E-state index contributed by atoms with van der Waals surface area (Å²) in [7, 11) is 0. The van der Waals surface area contributed by atoms with E-state index in [1.165, 1.54) is 12.8 Å². The summed E-state index contributed by atoms with van der Waals surface area (Å²) in [6, 6.07) is 0.792. The SMILES string of the molecule is CCNc1cnc(CN(CC)C2CC2)cn1. The molecule has 0 amide bonds. The van der Waals surface area contributed by atoms with Gasteiger partial charge in [0.25, 0.3) is 0 Å². The molecule has 1 aliphatic carbocycles. The van der Waals surface area contributed by atoms with E-state index in [4.69, 9.17) is 0 Å². The molecule has 1 aromatic heterocycles. The number of aromatic nitrogens is 2.